The van der Waals surface area contributed by atoms with E-state index < -0.39 is 0 Å². The first-order valence-corrected chi connectivity index (χ1v) is 8.94. The van der Waals surface area contributed by atoms with Gasteiger partial charge in [0.2, 0.25) is 0 Å². The minimum absolute atomic E-state index is 0.0213. The largest absolute Gasteiger partial charge is 0.423 e. The second kappa shape index (κ2) is 6.82. The lowest BCUT2D eigenvalue weighted by Gasteiger charge is -2.32. The van der Waals surface area contributed by atoms with Crippen molar-refractivity contribution in [2.45, 2.75) is 12.8 Å². The number of oxazole rings is 1. The molecule has 3 aromatic rings. The summed E-state index contributed by atoms with van der Waals surface area (Å²) in [7, 11) is 3.72. The maximum absolute atomic E-state index is 12.4. The van der Waals surface area contributed by atoms with E-state index in [2.05, 4.69) is 14.9 Å². The Morgan fingerprint density at radius 2 is 2.08 bits per heavy atom. The molecule has 0 spiro atoms. The highest BCUT2D eigenvalue weighted by Crippen LogP contribution is 2.26. The maximum Gasteiger partial charge on any atom is 0.298 e. The number of hydrogen-bond donors (Lipinski definition) is 0. The normalized spacial score (nSPS) is 15.5. The van der Waals surface area contributed by atoms with Crippen molar-refractivity contribution in [1.29, 1.82) is 0 Å². The van der Waals surface area contributed by atoms with Gasteiger partial charge in [0.25, 0.3) is 11.9 Å². The maximum atomic E-state index is 12.4. The first kappa shape index (κ1) is 16.6. The van der Waals surface area contributed by atoms with Crippen LogP contribution in [0.3, 0.4) is 0 Å². The van der Waals surface area contributed by atoms with Crippen LogP contribution in [0.5, 0.6) is 0 Å². The number of para-hydroxylation sites is 2. The van der Waals surface area contributed by atoms with E-state index in [1.54, 1.807) is 22.0 Å². The Labute approximate surface area is 152 Å². The van der Waals surface area contributed by atoms with Crippen molar-refractivity contribution in [1.82, 2.24) is 19.4 Å². The lowest BCUT2D eigenvalue weighted by atomic mass is 9.96. The van der Waals surface area contributed by atoms with Gasteiger partial charge < -0.3 is 18.8 Å². The van der Waals surface area contributed by atoms with Gasteiger partial charge in [0, 0.05) is 39.9 Å². The molecule has 7 nitrogen and oxygen atoms in total. The number of aryl methyl sites for hydroxylation is 1. The van der Waals surface area contributed by atoms with Crippen LogP contribution in [0, 0.1) is 5.92 Å². The highest BCUT2D eigenvalue weighted by molar-refractivity contribution is 5.91. The van der Waals surface area contributed by atoms with Gasteiger partial charge in [0.05, 0.1) is 6.33 Å². The average molecular weight is 353 g/mol. The molecule has 7 heteroatoms. The van der Waals surface area contributed by atoms with Gasteiger partial charge >= 0.3 is 0 Å². The van der Waals surface area contributed by atoms with Crippen molar-refractivity contribution in [3.63, 3.8) is 0 Å². The molecule has 0 radical (unpaired) electrons. The van der Waals surface area contributed by atoms with Gasteiger partial charge in [-0.3, -0.25) is 4.79 Å². The summed E-state index contributed by atoms with van der Waals surface area (Å²) in [5, 5.41) is 0. The van der Waals surface area contributed by atoms with Crippen LogP contribution in [0.1, 0.15) is 23.3 Å². The third-order valence-corrected chi connectivity index (χ3v) is 4.97. The summed E-state index contributed by atoms with van der Waals surface area (Å²) in [6, 6.07) is 8.53. The number of amides is 1. The first-order chi connectivity index (χ1) is 12.6. The topological polar surface area (TPSA) is 67.4 Å². The Bertz CT molecular complexity index is 874. The molecule has 0 saturated carbocycles. The zero-order valence-corrected chi connectivity index (χ0v) is 15.1. The molecule has 4 rings (SSSR count). The predicted molar refractivity (Wildman–Crippen MR) is 99.1 cm³/mol. The summed E-state index contributed by atoms with van der Waals surface area (Å²) in [6.07, 6.45) is 5.44. The first-order valence-electron chi connectivity index (χ1n) is 8.94. The number of aromatic nitrogens is 3. The fourth-order valence-corrected chi connectivity index (χ4v) is 3.49. The summed E-state index contributed by atoms with van der Waals surface area (Å²) < 4.78 is 7.65. The van der Waals surface area contributed by atoms with Crippen molar-refractivity contribution in [3.8, 4) is 0 Å². The molecule has 2 aromatic heterocycles. The third kappa shape index (κ3) is 3.29. The quantitative estimate of drug-likeness (QED) is 0.721. The molecule has 0 bridgehead atoms. The zero-order chi connectivity index (χ0) is 18.1. The van der Waals surface area contributed by atoms with Crippen molar-refractivity contribution in [2.24, 2.45) is 13.0 Å². The molecule has 0 N–H and O–H groups in total. The van der Waals surface area contributed by atoms with Gasteiger partial charge in [-0.25, -0.2) is 4.98 Å². The number of imidazole rings is 1. The smallest absolute Gasteiger partial charge is 0.298 e. The summed E-state index contributed by atoms with van der Waals surface area (Å²) >= 11 is 0. The van der Waals surface area contributed by atoms with Gasteiger partial charge in [-0.2, -0.15) is 4.98 Å². The van der Waals surface area contributed by atoms with Gasteiger partial charge in [0.1, 0.15) is 11.2 Å². The number of carbonyl (C=O) groups excluding carboxylic acids is 1. The molecule has 3 heterocycles. The SMILES string of the molecule is CN(CC1CCN(c2nc3ccccc3o2)CC1)C(=O)c1cn(C)cn1. The van der Waals surface area contributed by atoms with E-state index in [0.717, 1.165) is 43.6 Å². The van der Waals surface area contributed by atoms with Crippen molar-refractivity contribution < 1.29 is 9.21 Å². The monoisotopic (exact) mass is 353 g/mol. The van der Waals surface area contributed by atoms with Crippen LogP contribution in [0.4, 0.5) is 6.01 Å². The van der Waals surface area contributed by atoms with E-state index in [4.69, 9.17) is 4.42 Å². The second-order valence-electron chi connectivity index (χ2n) is 7.00. The molecule has 26 heavy (non-hydrogen) atoms. The van der Waals surface area contributed by atoms with Gasteiger partial charge in [-0.15, -0.1) is 0 Å². The third-order valence-electron chi connectivity index (χ3n) is 4.97. The van der Waals surface area contributed by atoms with Gasteiger partial charge in [-0.1, -0.05) is 12.1 Å². The van der Waals surface area contributed by atoms with E-state index >= 15 is 0 Å². The molecule has 1 aromatic carbocycles. The Morgan fingerprint density at radius 3 is 2.77 bits per heavy atom. The van der Waals surface area contributed by atoms with E-state index in [1.165, 1.54) is 0 Å². The van der Waals surface area contributed by atoms with Crippen LogP contribution in [-0.2, 0) is 7.05 Å². The summed E-state index contributed by atoms with van der Waals surface area (Å²) in [5.41, 5.74) is 2.22. The van der Waals surface area contributed by atoms with Gasteiger partial charge in [-0.05, 0) is 30.9 Å². The predicted octanol–water partition coefficient (Wildman–Crippen LogP) is 2.55. The molecule has 0 unspecified atom stereocenters. The van der Waals surface area contributed by atoms with E-state index in [-0.39, 0.29) is 5.91 Å². The standard InChI is InChI=1S/C19H23N5O2/c1-22-12-16(20-13-22)18(25)23(2)11-14-7-9-24(10-8-14)19-21-15-5-3-4-6-17(15)26-19/h3-6,12-14H,7-11H2,1-2H3. The van der Waals surface area contributed by atoms with Crippen molar-refractivity contribution >= 4 is 23.0 Å². The summed E-state index contributed by atoms with van der Waals surface area (Å²) in [5.74, 6) is 0.459. The molecule has 1 saturated heterocycles. The number of hydrogen-bond acceptors (Lipinski definition) is 5. The minimum atomic E-state index is -0.0213. The molecule has 1 amide bonds. The molecule has 136 valence electrons. The number of nitrogens with zero attached hydrogens (tertiary/aromatic N) is 5. The number of carbonyl (C=O) groups is 1. The number of rotatable bonds is 4. The number of piperidine rings is 1. The summed E-state index contributed by atoms with van der Waals surface area (Å²) in [6.45, 7) is 2.53. The Hall–Kier alpha value is -2.83. The Morgan fingerprint density at radius 1 is 1.31 bits per heavy atom. The number of benzene rings is 1. The second-order valence-corrected chi connectivity index (χ2v) is 7.00. The highest BCUT2D eigenvalue weighted by Gasteiger charge is 2.25. The van der Waals surface area contributed by atoms with Crippen molar-refractivity contribution in [2.75, 3.05) is 31.6 Å². The fourth-order valence-electron chi connectivity index (χ4n) is 3.49. The van der Waals surface area contributed by atoms with Crippen LogP contribution in [0.25, 0.3) is 11.1 Å². The Kier molecular flexibility index (Phi) is 4.36. The van der Waals surface area contributed by atoms with Crippen LogP contribution in [-0.4, -0.2) is 52.0 Å². The molecular formula is C19H23N5O2. The van der Waals surface area contributed by atoms with E-state index in [1.807, 2.05) is 38.4 Å². The molecule has 0 aliphatic carbocycles. The fraction of sp³-hybridized carbons (Fsp3) is 0.421. The van der Waals surface area contributed by atoms with E-state index in [9.17, 15) is 4.79 Å². The van der Waals surface area contributed by atoms with Crippen LogP contribution in [0.2, 0.25) is 0 Å². The van der Waals surface area contributed by atoms with Crippen LogP contribution in [0.15, 0.2) is 41.2 Å². The Balaban J connectivity index is 1.34. The van der Waals surface area contributed by atoms with Crippen LogP contribution >= 0.6 is 0 Å². The van der Waals surface area contributed by atoms with Gasteiger partial charge in [0.15, 0.2) is 5.58 Å². The molecule has 1 aliphatic rings. The molecule has 1 fully saturated rings. The molecule has 1 aliphatic heterocycles. The van der Waals surface area contributed by atoms with Crippen LogP contribution < -0.4 is 4.90 Å². The molecular weight excluding hydrogens is 330 g/mol. The minimum Gasteiger partial charge on any atom is -0.423 e. The molecule has 0 atom stereocenters. The zero-order valence-electron chi connectivity index (χ0n) is 15.1. The average Bonchev–Trinajstić information content (AvgIpc) is 3.27. The lowest BCUT2D eigenvalue weighted by Crippen LogP contribution is -2.39. The highest BCUT2D eigenvalue weighted by atomic mass is 16.4. The lowest BCUT2D eigenvalue weighted by molar-refractivity contribution is 0.0759. The summed E-state index contributed by atoms with van der Waals surface area (Å²) in [4.78, 5) is 25.1. The number of anilines is 1. The number of fused-ring (bicyclic) bond motifs is 1. The van der Waals surface area contributed by atoms with E-state index in [0.29, 0.717) is 17.6 Å². The van der Waals surface area contributed by atoms with Crippen molar-refractivity contribution in [3.05, 3.63) is 42.5 Å².